The second kappa shape index (κ2) is 3.60. The van der Waals surface area contributed by atoms with E-state index in [2.05, 4.69) is 0 Å². The molecule has 1 fully saturated rings. The monoisotopic (exact) mass is 182 g/mol. The lowest BCUT2D eigenvalue weighted by Gasteiger charge is -2.16. The molecule has 0 unspecified atom stereocenters. The van der Waals surface area contributed by atoms with Gasteiger partial charge in [-0.2, -0.15) is 0 Å². The number of ketones is 1. The molecular weight excluding hydrogens is 168 g/mol. The lowest BCUT2D eigenvalue weighted by Crippen LogP contribution is -2.17. The largest absolute Gasteiger partial charge is 0.359 e. The lowest BCUT2D eigenvalue weighted by molar-refractivity contribution is -0.118. The Morgan fingerprint density at radius 3 is 3.08 bits per heavy atom. The van der Waals surface area contributed by atoms with Crippen LogP contribution >= 0.6 is 0 Å². The minimum atomic E-state index is 0.188. The predicted octanol–water partition coefficient (Wildman–Crippen LogP) is 1.14. The molecule has 0 aromatic carbocycles. The fourth-order valence-electron chi connectivity index (χ4n) is 2.17. The standard InChI is InChI=1S/C10H14O3/c1-12-6-13-10-5-8-4-7(10)2-3-9(8)11/h2-3,7-8,10H,4-6H2,1H3/t7-,8-,10-/m0/s1. The zero-order valence-electron chi connectivity index (χ0n) is 7.73. The molecule has 0 aromatic rings. The summed E-state index contributed by atoms with van der Waals surface area (Å²) in [6.45, 7) is 0.329. The van der Waals surface area contributed by atoms with Crippen LogP contribution in [0.15, 0.2) is 12.2 Å². The Labute approximate surface area is 77.7 Å². The number of ether oxygens (including phenoxy) is 2. The Bertz CT molecular complexity index is 234. The number of rotatable bonds is 3. The Morgan fingerprint density at radius 2 is 2.38 bits per heavy atom. The number of methoxy groups -OCH3 is 1. The minimum Gasteiger partial charge on any atom is -0.359 e. The third kappa shape index (κ3) is 1.67. The molecule has 0 amide bonds. The Kier molecular flexibility index (Phi) is 2.47. The van der Waals surface area contributed by atoms with E-state index in [1.165, 1.54) is 0 Å². The molecule has 2 rings (SSSR count). The van der Waals surface area contributed by atoms with Crippen molar-refractivity contribution in [1.82, 2.24) is 0 Å². The van der Waals surface area contributed by atoms with E-state index in [1.54, 1.807) is 13.2 Å². The summed E-state index contributed by atoms with van der Waals surface area (Å²) in [6, 6.07) is 0. The van der Waals surface area contributed by atoms with Crippen molar-refractivity contribution in [2.45, 2.75) is 18.9 Å². The van der Waals surface area contributed by atoms with Crippen LogP contribution in [0.4, 0.5) is 0 Å². The van der Waals surface area contributed by atoms with Crippen molar-refractivity contribution in [1.29, 1.82) is 0 Å². The maximum atomic E-state index is 11.3. The van der Waals surface area contributed by atoms with Crippen molar-refractivity contribution in [2.24, 2.45) is 11.8 Å². The number of allylic oxidation sites excluding steroid dienone is 1. The van der Waals surface area contributed by atoms with Crippen LogP contribution in [0.5, 0.6) is 0 Å². The summed E-state index contributed by atoms with van der Waals surface area (Å²) in [4.78, 5) is 11.3. The van der Waals surface area contributed by atoms with Crippen LogP contribution in [-0.4, -0.2) is 25.8 Å². The van der Waals surface area contributed by atoms with E-state index in [9.17, 15) is 4.79 Å². The van der Waals surface area contributed by atoms with Gasteiger partial charge in [0, 0.05) is 18.9 Å². The second-order valence-electron chi connectivity index (χ2n) is 3.71. The summed E-state index contributed by atoms with van der Waals surface area (Å²) >= 11 is 0. The molecule has 2 aliphatic carbocycles. The van der Waals surface area contributed by atoms with Gasteiger partial charge in [0.25, 0.3) is 0 Å². The minimum absolute atomic E-state index is 0.188. The van der Waals surface area contributed by atoms with Crippen LogP contribution in [-0.2, 0) is 14.3 Å². The molecule has 0 N–H and O–H groups in total. The van der Waals surface area contributed by atoms with Gasteiger partial charge in [0.2, 0.25) is 0 Å². The molecule has 3 nitrogen and oxygen atoms in total. The fourth-order valence-corrected chi connectivity index (χ4v) is 2.17. The van der Waals surface area contributed by atoms with Crippen molar-refractivity contribution < 1.29 is 14.3 Å². The summed E-state index contributed by atoms with van der Waals surface area (Å²) in [7, 11) is 1.61. The SMILES string of the molecule is COCO[C@H]1C[C@@H]2C[C@@H]1C=CC2=O. The summed E-state index contributed by atoms with van der Waals surface area (Å²) in [5, 5.41) is 0. The molecule has 0 aliphatic heterocycles. The van der Waals surface area contributed by atoms with Gasteiger partial charge in [-0.05, 0) is 18.9 Å². The molecule has 0 radical (unpaired) electrons. The maximum absolute atomic E-state index is 11.3. The first-order valence-electron chi connectivity index (χ1n) is 4.64. The van der Waals surface area contributed by atoms with Gasteiger partial charge in [-0.3, -0.25) is 4.79 Å². The van der Waals surface area contributed by atoms with E-state index in [0.717, 1.165) is 12.8 Å². The summed E-state index contributed by atoms with van der Waals surface area (Å²) in [5.41, 5.74) is 0. The molecule has 0 spiro atoms. The number of fused-ring (bicyclic) bond motifs is 2. The molecule has 2 aliphatic rings. The average Bonchev–Trinajstić information content (AvgIpc) is 2.48. The zero-order chi connectivity index (χ0) is 9.26. The number of hydrogen-bond donors (Lipinski definition) is 0. The Balaban J connectivity index is 1.96. The highest BCUT2D eigenvalue weighted by Gasteiger charge is 2.39. The highest BCUT2D eigenvalue weighted by Crippen LogP contribution is 2.38. The van der Waals surface area contributed by atoms with E-state index in [-0.39, 0.29) is 17.8 Å². The van der Waals surface area contributed by atoms with Gasteiger partial charge in [0.15, 0.2) is 5.78 Å². The lowest BCUT2D eigenvalue weighted by atomic mass is 9.94. The molecule has 3 atom stereocenters. The van der Waals surface area contributed by atoms with Gasteiger partial charge >= 0.3 is 0 Å². The first-order chi connectivity index (χ1) is 6.31. The van der Waals surface area contributed by atoms with Crippen molar-refractivity contribution in [2.75, 3.05) is 13.9 Å². The van der Waals surface area contributed by atoms with Crippen molar-refractivity contribution in [3.05, 3.63) is 12.2 Å². The summed E-state index contributed by atoms with van der Waals surface area (Å²) in [5.74, 6) is 0.898. The van der Waals surface area contributed by atoms with Crippen LogP contribution in [0.3, 0.4) is 0 Å². The molecule has 1 saturated carbocycles. The van der Waals surface area contributed by atoms with Gasteiger partial charge in [0.1, 0.15) is 6.79 Å². The van der Waals surface area contributed by atoms with Crippen LogP contribution in [0.1, 0.15) is 12.8 Å². The highest BCUT2D eigenvalue weighted by molar-refractivity contribution is 5.93. The van der Waals surface area contributed by atoms with Crippen molar-refractivity contribution in [3.63, 3.8) is 0 Å². The summed E-state index contributed by atoms with van der Waals surface area (Å²) in [6.07, 6.45) is 5.69. The van der Waals surface area contributed by atoms with E-state index in [0.29, 0.717) is 12.7 Å². The first-order valence-corrected chi connectivity index (χ1v) is 4.64. The van der Waals surface area contributed by atoms with E-state index >= 15 is 0 Å². The average molecular weight is 182 g/mol. The number of carbonyl (C=O) groups is 1. The molecule has 3 heteroatoms. The molecule has 0 aromatic heterocycles. The molecule has 0 saturated heterocycles. The quantitative estimate of drug-likeness (QED) is 0.614. The zero-order valence-corrected chi connectivity index (χ0v) is 7.73. The number of carbonyl (C=O) groups excluding carboxylic acids is 1. The normalized spacial score (nSPS) is 37.0. The van der Waals surface area contributed by atoms with E-state index < -0.39 is 0 Å². The van der Waals surface area contributed by atoms with E-state index in [1.807, 2.05) is 6.08 Å². The van der Waals surface area contributed by atoms with Crippen LogP contribution in [0.2, 0.25) is 0 Å². The maximum Gasteiger partial charge on any atom is 0.158 e. The van der Waals surface area contributed by atoms with Gasteiger partial charge in [-0.15, -0.1) is 0 Å². The summed E-state index contributed by atoms with van der Waals surface area (Å²) < 4.78 is 10.3. The fraction of sp³-hybridized carbons (Fsp3) is 0.700. The van der Waals surface area contributed by atoms with Gasteiger partial charge in [-0.1, -0.05) is 6.08 Å². The predicted molar refractivity (Wildman–Crippen MR) is 47.1 cm³/mol. The van der Waals surface area contributed by atoms with Gasteiger partial charge in [-0.25, -0.2) is 0 Å². The Hall–Kier alpha value is -0.670. The molecule has 0 heterocycles. The molecular formula is C10H14O3. The Morgan fingerprint density at radius 1 is 1.54 bits per heavy atom. The third-order valence-electron chi connectivity index (χ3n) is 2.86. The third-order valence-corrected chi connectivity index (χ3v) is 2.86. The molecule has 2 bridgehead atoms. The van der Waals surface area contributed by atoms with E-state index in [4.69, 9.17) is 9.47 Å². The van der Waals surface area contributed by atoms with Crippen LogP contribution in [0, 0.1) is 11.8 Å². The molecule has 72 valence electrons. The smallest absolute Gasteiger partial charge is 0.158 e. The van der Waals surface area contributed by atoms with Crippen LogP contribution in [0.25, 0.3) is 0 Å². The topological polar surface area (TPSA) is 35.5 Å². The van der Waals surface area contributed by atoms with Crippen molar-refractivity contribution in [3.8, 4) is 0 Å². The first kappa shape index (κ1) is 8.91. The second-order valence-corrected chi connectivity index (χ2v) is 3.71. The van der Waals surface area contributed by atoms with Gasteiger partial charge < -0.3 is 9.47 Å². The molecule has 13 heavy (non-hydrogen) atoms. The highest BCUT2D eigenvalue weighted by atomic mass is 16.7. The van der Waals surface area contributed by atoms with Crippen molar-refractivity contribution >= 4 is 5.78 Å². The van der Waals surface area contributed by atoms with Gasteiger partial charge in [0.05, 0.1) is 6.10 Å². The van der Waals surface area contributed by atoms with Crippen LogP contribution < -0.4 is 0 Å². The number of hydrogen-bond acceptors (Lipinski definition) is 3.